The molecule has 10 nitrogen and oxygen atoms in total. The van der Waals surface area contributed by atoms with Gasteiger partial charge in [-0.05, 0) is 49.7 Å². The fourth-order valence-corrected chi connectivity index (χ4v) is 5.50. The van der Waals surface area contributed by atoms with Crippen LogP contribution in [-0.2, 0) is 17.9 Å². The lowest BCUT2D eigenvalue weighted by atomic mass is 10.1. The molecule has 222 valence electrons. The van der Waals surface area contributed by atoms with Crippen LogP contribution >= 0.6 is 0 Å². The number of halogens is 2. The number of pyridine rings is 1. The number of aromatic nitrogens is 3. The smallest absolute Gasteiger partial charge is 0.335 e. The number of hydrogen-bond acceptors (Lipinski definition) is 8. The standard InChI is InChI=1S/C31H30F2N6O4/c1-19(29-35-26-6-4-21(31(40)41)15-27(26)39(29)17-23-8-13-42-23)37-9-11-38(12-10-37)30-24(32)5-7-28(36-30)43-18-22-3-2-20(16-34)14-25(22)33/h2-7,14-15,19,23H,8-13,17-18H2,1H3,(H,40,41)/t19?,23-/m0/s1. The van der Waals surface area contributed by atoms with Gasteiger partial charge in [0.15, 0.2) is 11.6 Å². The molecule has 6 rings (SSSR count). The molecular formula is C31H30F2N6O4. The first kappa shape index (κ1) is 28.5. The van der Waals surface area contributed by atoms with Crippen LogP contribution in [0.1, 0.15) is 46.7 Å². The summed E-state index contributed by atoms with van der Waals surface area (Å²) in [5.74, 6) is -0.852. The molecule has 43 heavy (non-hydrogen) atoms. The molecule has 0 radical (unpaired) electrons. The third kappa shape index (κ3) is 5.86. The van der Waals surface area contributed by atoms with Crippen molar-refractivity contribution in [2.24, 2.45) is 0 Å². The number of nitrogens with zero attached hydrogens (tertiary/aromatic N) is 6. The number of benzene rings is 2. The number of carboxylic acid groups (broad SMARTS) is 1. The van der Waals surface area contributed by atoms with Crippen LogP contribution < -0.4 is 9.64 Å². The number of carbonyl (C=O) groups is 1. The van der Waals surface area contributed by atoms with Gasteiger partial charge in [-0.2, -0.15) is 10.2 Å². The van der Waals surface area contributed by atoms with Gasteiger partial charge in [0, 0.05) is 44.4 Å². The Balaban J connectivity index is 1.15. The van der Waals surface area contributed by atoms with Crippen molar-refractivity contribution in [3.05, 3.63) is 82.7 Å². The first-order valence-corrected chi connectivity index (χ1v) is 14.1. The number of imidazole rings is 1. The van der Waals surface area contributed by atoms with Crippen LogP contribution in [0, 0.1) is 23.0 Å². The van der Waals surface area contributed by atoms with E-state index in [-0.39, 0.29) is 47.1 Å². The number of aromatic carboxylic acids is 1. The van der Waals surface area contributed by atoms with E-state index in [1.54, 1.807) is 18.2 Å². The molecule has 2 aliphatic heterocycles. The van der Waals surface area contributed by atoms with Crippen LogP contribution in [0.4, 0.5) is 14.6 Å². The zero-order valence-corrected chi connectivity index (χ0v) is 23.5. The number of rotatable bonds is 9. The van der Waals surface area contributed by atoms with Gasteiger partial charge in [0.25, 0.3) is 0 Å². The van der Waals surface area contributed by atoms with Gasteiger partial charge in [-0.25, -0.2) is 18.6 Å². The summed E-state index contributed by atoms with van der Waals surface area (Å²) in [6, 6.07) is 13.6. The van der Waals surface area contributed by atoms with Gasteiger partial charge in [0.05, 0.1) is 46.9 Å². The number of fused-ring (bicyclic) bond motifs is 1. The highest BCUT2D eigenvalue weighted by atomic mass is 19.1. The highest BCUT2D eigenvalue weighted by Gasteiger charge is 2.30. The number of carboxylic acids is 1. The summed E-state index contributed by atoms with van der Waals surface area (Å²) < 4.78 is 42.6. The molecule has 12 heteroatoms. The Morgan fingerprint density at radius 2 is 1.91 bits per heavy atom. The molecule has 0 aliphatic carbocycles. The lowest BCUT2D eigenvalue weighted by Gasteiger charge is -2.38. The fourth-order valence-electron chi connectivity index (χ4n) is 5.50. The Bertz CT molecular complexity index is 1710. The van der Waals surface area contributed by atoms with Gasteiger partial charge in [-0.3, -0.25) is 4.90 Å². The van der Waals surface area contributed by atoms with Crippen molar-refractivity contribution in [1.29, 1.82) is 5.26 Å². The van der Waals surface area contributed by atoms with Gasteiger partial charge in [-0.15, -0.1) is 0 Å². The van der Waals surface area contributed by atoms with Crippen molar-refractivity contribution in [1.82, 2.24) is 19.4 Å². The summed E-state index contributed by atoms with van der Waals surface area (Å²) in [6.07, 6.45) is 1.000. The van der Waals surface area contributed by atoms with Crippen molar-refractivity contribution in [2.75, 3.05) is 37.7 Å². The zero-order valence-electron chi connectivity index (χ0n) is 23.5. The number of anilines is 1. The van der Waals surface area contributed by atoms with Crippen molar-refractivity contribution >= 4 is 22.8 Å². The molecule has 4 heterocycles. The molecule has 4 aromatic rings. The predicted octanol–water partition coefficient (Wildman–Crippen LogP) is 4.53. The van der Waals surface area contributed by atoms with E-state index in [2.05, 4.69) is 21.4 Å². The number of nitriles is 1. The maximum atomic E-state index is 14.9. The van der Waals surface area contributed by atoms with Crippen LogP contribution in [0.25, 0.3) is 11.0 Å². The van der Waals surface area contributed by atoms with Crippen LogP contribution in [0.2, 0.25) is 0 Å². The minimum absolute atomic E-state index is 0.0608. The summed E-state index contributed by atoms with van der Waals surface area (Å²) in [6.45, 7) is 5.53. The second-order valence-corrected chi connectivity index (χ2v) is 10.7. The van der Waals surface area contributed by atoms with E-state index in [1.807, 2.05) is 11.0 Å². The first-order valence-electron chi connectivity index (χ1n) is 14.1. The second kappa shape index (κ2) is 11.9. The molecule has 2 saturated heterocycles. The fraction of sp³-hybridized carbons (Fsp3) is 0.355. The van der Waals surface area contributed by atoms with Crippen LogP contribution in [0.5, 0.6) is 5.88 Å². The summed E-state index contributed by atoms with van der Waals surface area (Å²) in [4.78, 5) is 25.0. The summed E-state index contributed by atoms with van der Waals surface area (Å²) >= 11 is 0. The van der Waals surface area contributed by atoms with E-state index in [4.69, 9.17) is 19.7 Å². The van der Waals surface area contributed by atoms with Gasteiger partial charge in [-0.1, -0.05) is 6.07 Å². The minimum atomic E-state index is -0.989. The highest BCUT2D eigenvalue weighted by Crippen LogP contribution is 2.30. The van der Waals surface area contributed by atoms with E-state index in [1.165, 1.54) is 24.3 Å². The summed E-state index contributed by atoms with van der Waals surface area (Å²) in [7, 11) is 0. The third-order valence-corrected chi connectivity index (χ3v) is 8.10. The molecule has 0 saturated carbocycles. The molecule has 1 N–H and O–H groups in total. The van der Waals surface area contributed by atoms with Crippen LogP contribution in [-0.4, -0.2) is 69.4 Å². The quantitative estimate of drug-likeness (QED) is 0.301. The zero-order chi connectivity index (χ0) is 30.1. The third-order valence-electron chi connectivity index (χ3n) is 8.10. The number of piperazine rings is 1. The Hall–Kier alpha value is -4.60. The lowest BCUT2D eigenvalue weighted by molar-refractivity contribution is -0.0594. The van der Waals surface area contributed by atoms with Crippen LogP contribution in [0.3, 0.4) is 0 Å². The van der Waals surface area contributed by atoms with Crippen LogP contribution in [0.15, 0.2) is 48.5 Å². The molecule has 0 spiro atoms. The van der Waals surface area contributed by atoms with Crippen molar-refractivity contribution in [2.45, 2.75) is 38.6 Å². The van der Waals surface area contributed by atoms with E-state index in [9.17, 15) is 18.7 Å². The molecule has 2 aliphatic rings. The van der Waals surface area contributed by atoms with E-state index < -0.39 is 17.6 Å². The largest absolute Gasteiger partial charge is 0.478 e. The normalized spacial score (nSPS) is 17.8. The average molecular weight is 589 g/mol. The molecule has 2 aromatic heterocycles. The van der Waals surface area contributed by atoms with E-state index in [0.29, 0.717) is 39.3 Å². The topological polar surface area (TPSA) is 117 Å². The first-order chi connectivity index (χ1) is 20.8. The van der Waals surface area contributed by atoms with E-state index >= 15 is 0 Å². The van der Waals surface area contributed by atoms with Gasteiger partial charge in [0.1, 0.15) is 18.2 Å². The van der Waals surface area contributed by atoms with Crippen molar-refractivity contribution in [3.63, 3.8) is 0 Å². The number of ether oxygens (including phenoxy) is 2. The van der Waals surface area contributed by atoms with Gasteiger partial charge >= 0.3 is 5.97 Å². The molecule has 2 fully saturated rings. The Labute approximate surface area is 246 Å². The molecule has 0 amide bonds. The maximum Gasteiger partial charge on any atom is 0.335 e. The Morgan fingerprint density at radius 1 is 1.12 bits per heavy atom. The van der Waals surface area contributed by atoms with E-state index in [0.717, 1.165) is 29.3 Å². The monoisotopic (exact) mass is 588 g/mol. The number of hydrogen-bond donors (Lipinski definition) is 1. The summed E-state index contributed by atoms with van der Waals surface area (Å²) in [5, 5.41) is 18.5. The molecule has 2 aromatic carbocycles. The second-order valence-electron chi connectivity index (χ2n) is 10.7. The van der Waals surface area contributed by atoms with Crippen molar-refractivity contribution < 1.29 is 28.2 Å². The van der Waals surface area contributed by atoms with Crippen molar-refractivity contribution in [3.8, 4) is 11.9 Å². The predicted molar refractivity (Wildman–Crippen MR) is 153 cm³/mol. The SMILES string of the molecule is CC(c1nc2ccc(C(=O)O)cc2n1C[C@@H]1CCO1)N1CCN(c2nc(OCc3ccc(C#N)cc3F)ccc2F)CC1. The van der Waals surface area contributed by atoms with Gasteiger partial charge in [0.2, 0.25) is 5.88 Å². The Morgan fingerprint density at radius 3 is 2.58 bits per heavy atom. The average Bonchev–Trinajstić information content (AvgIpc) is 3.36. The molecule has 2 atom stereocenters. The Kier molecular flexibility index (Phi) is 7.92. The molecule has 1 unspecified atom stereocenters. The minimum Gasteiger partial charge on any atom is -0.478 e. The molecular weight excluding hydrogens is 558 g/mol. The maximum absolute atomic E-state index is 14.9. The van der Waals surface area contributed by atoms with Gasteiger partial charge < -0.3 is 24.0 Å². The summed E-state index contributed by atoms with van der Waals surface area (Å²) in [5.41, 5.74) is 2.18. The highest BCUT2D eigenvalue weighted by molar-refractivity contribution is 5.92. The lowest BCUT2D eigenvalue weighted by Crippen LogP contribution is -2.48. The molecule has 0 bridgehead atoms.